The lowest BCUT2D eigenvalue weighted by atomic mass is 9.82. The van der Waals surface area contributed by atoms with Crippen LogP contribution in [0, 0.1) is 11.6 Å². The van der Waals surface area contributed by atoms with E-state index in [9.17, 15) is 4.79 Å². The average molecular weight is 836 g/mol. The maximum Gasteiger partial charge on any atom is 0.264 e. The minimum Gasteiger partial charge on any atom is -0.494 e. The van der Waals surface area contributed by atoms with E-state index in [1.165, 1.54) is 13.4 Å². The first-order chi connectivity index (χ1) is 28.3. The van der Waals surface area contributed by atoms with E-state index in [1.807, 2.05) is 56.0 Å². The van der Waals surface area contributed by atoms with Gasteiger partial charge in [-0.2, -0.15) is 0 Å². The maximum atomic E-state index is 15.6. The van der Waals surface area contributed by atoms with E-state index in [0.717, 1.165) is 17.7 Å². The van der Waals surface area contributed by atoms with Crippen LogP contribution in [0.1, 0.15) is 44.7 Å². The lowest BCUT2D eigenvalue weighted by molar-refractivity contribution is -0.116. The summed E-state index contributed by atoms with van der Waals surface area (Å²) in [5.74, 6) is -1.78. The number of benzene rings is 2. The molecule has 4 heterocycles. The molecule has 2 atom stereocenters. The normalized spacial score (nSPS) is 16.6. The van der Waals surface area contributed by atoms with Gasteiger partial charge in [0.15, 0.2) is 36.9 Å². The molecule has 59 heavy (non-hydrogen) atoms. The van der Waals surface area contributed by atoms with Gasteiger partial charge >= 0.3 is 0 Å². The minimum atomic E-state index is -2.77. The quantitative estimate of drug-likeness (QED) is 0.0678. The lowest BCUT2D eigenvalue weighted by Crippen LogP contribution is -2.67. The van der Waals surface area contributed by atoms with Crippen molar-refractivity contribution in [2.45, 2.75) is 82.9 Å². The Balaban J connectivity index is 1.45. The third kappa shape index (κ3) is 9.75. The monoisotopic (exact) mass is 835 g/mol. The van der Waals surface area contributed by atoms with Crippen LogP contribution in [-0.2, 0) is 22.3 Å². The smallest absolute Gasteiger partial charge is 0.264 e. The van der Waals surface area contributed by atoms with Crippen molar-refractivity contribution in [1.29, 1.82) is 0 Å². The van der Waals surface area contributed by atoms with Gasteiger partial charge in [0, 0.05) is 31.3 Å². The van der Waals surface area contributed by atoms with Gasteiger partial charge < -0.3 is 34.2 Å². The highest BCUT2D eigenvalue weighted by Crippen LogP contribution is 2.39. The second kappa shape index (κ2) is 19.0. The molecular weight excluding hydrogens is 783 g/mol. The number of fused-ring (bicyclic) bond motifs is 1. The number of anilines is 2. The van der Waals surface area contributed by atoms with Crippen LogP contribution in [0.15, 0.2) is 67.4 Å². The summed E-state index contributed by atoms with van der Waals surface area (Å²) in [5.41, 5.74) is 1.86. The van der Waals surface area contributed by atoms with E-state index in [1.54, 1.807) is 42.2 Å². The number of likely N-dealkylation sites (N-methyl/N-ethyl adjacent to an activating group) is 1. The Morgan fingerprint density at radius 2 is 1.75 bits per heavy atom. The summed E-state index contributed by atoms with van der Waals surface area (Å²) in [4.78, 5) is 34.3. The van der Waals surface area contributed by atoms with Crippen LogP contribution in [0.25, 0.3) is 22.4 Å². The zero-order valence-electron chi connectivity index (χ0n) is 34.4. The predicted octanol–water partition coefficient (Wildman–Crippen LogP) is 7.51. The Hall–Kier alpha value is -4.97. The summed E-state index contributed by atoms with van der Waals surface area (Å²) >= 11 is 0. The van der Waals surface area contributed by atoms with Gasteiger partial charge in [-0.05, 0) is 68.3 Å². The summed E-state index contributed by atoms with van der Waals surface area (Å²) < 4.78 is 75.4. The molecule has 0 bridgehead atoms. The van der Waals surface area contributed by atoms with Crippen LogP contribution >= 0.6 is 0 Å². The van der Waals surface area contributed by atoms with E-state index in [0.29, 0.717) is 66.5 Å². The number of ether oxygens (including phenoxy) is 1. The minimum absolute atomic E-state index is 0.0801. The number of amides is 1. The maximum absolute atomic E-state index is 15.6. The molecule has 316 valence electrons. The van der Waals surface area contributed by atoms with Crippen molar-refractivity contribution in [2.75, 3.05) is 51.1 Å². The predicted molar refractivity (Wildman–Crippen MR) is 223 cm³/mol. The Kier molecular flexibility index (Phi) is 14.0. The molecule has 1 saturated heterocycles. The molecule has 0 unspecified atom stereocenters. The number of aromatic nitrogens is 5. The summed E-state index contributed by atoms with van der Waals surface area (Å²) in [6.07, 6.45) is 1.30. The van der Waals surface area contributed by atoms with E-state index < -0.39 is 38.0 Å². The molecular formula is C42H53F4N9O3Si. The fourth-order valence-corrected chi connectivity index (χ4v) is 10.8. The molecule has 1 fully saturated rings. The van der Waals surface area contributed by atoms with Crippen molar-refractivity contribution in [2.24, 2.45) is 0 Å². The van der Waals surface area contributed by atoms with Crippen LogP contribution < -0.4 is 20.3 Å². The molecule has 5 aromatic rings. The Morgan fingerprint density at radius 3 is 2.42 bits per heavy atom. The van der Waals surface area contributed by atoms with E-state index >= 15 is 17.6 Å². The molecule has 1 amide bonds. The van der Waals surface area contributed by atoms with Crippen molar-refractivity contribution in [3.05, 3.63) is 90.1 Å². The van der Waals surface area contributed by atoms with Crippen LogP contribution in [0.3, 0.4) is 0 Å². The SMILES string of the molecule is CC[Si](CC)(CC)O[C@H](C(F)F)[C@@]1(NCc2ccccc2)CCCN(c2cnc(-c3cc(F)c(OC)cc3F)cc2Cn2cnc3c(NC(=O)CN(C)C)ncnc32)C1. The van der Waals surface area contributed by atoms with Gasteiger partial charge in [0.1, 0.15) is 18.2 Å². The number of carbonyl (C=O) groups excluding carboxylic acids is 1. The lowest BCUT2D eigenvalue weighted by Gasteiger charge is -2.50. The molecule has 0 radical (unpaired) electrons. The number of piperidine rings is 1. The third-order valence-electron chi connectivity index (χ3n) is 11.4. The number of methoxy groups -OCH3 is 1. The second-order valence-electron chi connectivity index (χ2n) is 15.4. The zero-order chi connectivity index (χ0) is 42.3. The second-order valence-corrected chi connectivity index (χ2v) is 20.1. The molecule has 0 aliphatic carbocycles. The number of carbonyl (C=O) groups is 1. The van der Waals surface area contributed by atoms with Gasteiger partial charge in [-0.1, -0.05) is 51.1 Å². The number of pyridine rings is 1. The number of halogens is 4. The number of nitrogens with one attached hydrogen (secondary N) is 2. The number of hydrogen-bond acceptors (Lipinski definition) is 10. The van der Waals surface area contributed by atoms with Crippen LogP contribution in [0.4, 0.5) is 29.1 Å². The number of nitrogens with zero attached hydrogens (tertiary/aromatic N) is 7. The van der Waals surface area contributed by atoms with Crippen molar-refractivity contribution in [3.63, 3.8) is 0 Å². The molecule has 17 heteroatoms. The summed E-state index contributed by atoms with van der Waals surface area (Å²) in [7, 11) is 2.28. The largest absolute Gasteiger partial charge is 0.494 e. The Bertz CT molecular complexity index is 2200. The summed E-state index contributed by atoms with van der Waals surface area (Å²) in [6, 6.07) is 15.5. The number of alkyl halides is 2. The molecule has 2 N–H and O–H groups in total. The molecule has 6 rings (SSSR count). The molecule has 0 spiro atoms. The molecule has 1 aliphatic rings. The number of imidazole rings is 1. The van der Waals surface area contributed by atoms with E-state index in [4.69, 9.17) is 9.16 Å². The van der Waals surface area contributed by atoms with Crippen molar-refractivity contribution < 1.29 is 31.5 Å². The van der Waals surface area contributed by atoms with Gasteiger partial charge in [0.25, 0.3) is 6.43 Å². The van der Waals surface area contributed by atoms with Crippen molar-refractivity contribution >= 4 is 36.9 Å². The molecule has 2 aromatic carbocycles. The van der Waals surface area contributed by atoms with E-state index in [-0.39, 0.29) is 48.4 Å². The van der Waals surface area contributed by atoms with Gasteiger partial charge in [-0.3, -0.25) is 9.78 Å². The summed E-state index contributed by atoms with van der Waals surface area (Å²) in [5, 5.41) is 6.39. The molecule has 1 aliphatic heterocycles. The first-order valence-electron chi connectivity index (χ1n) is 20.0. The highest BCUT2D eigenvalue weighted by atomic mass is 28.4. The molecule has 12 nitrogen and oxygen atoms in total. The van der Waals surface area contributed by atoms with Gasteiger partial charge in [0.2, 0.25) is 5.91 Å². The van der Waals surface area contributed by atoms with Crippen molar-refractivity contribution in [1.82, 2.24) is 34.7 Å². The fraction of sp³-hybridized carbons (Fsp3) is 0.452. The highest BCUT2D eigenvalue weighted by Gasteiger charge is 2.50. The summed E-state index contributed by atoms with van der Waals surface area (Å²) in [6.45, 7) is 7.36. The fourth-order valence-electron chi connectivity index (χ4n) is 7.98. The van der Waals surface area contributed by atoms with Crippen molar-refractivity contribution in [3.8, 4) is 17.0 Å². The zero-order valence-corrected chi connectivity index (χ0v) is 35.4. The van der Waals surface area contributed by atoms with Crippen LogP contribution in [-0.4, -0.2) is 103 Å². The van der Waals surface area contributed by atoms with E-state index in [2.05, 4.69) is 30.6 Å². The molecule has 0 saturated carbocycles. The first-order valence-corrected chi connectivity index (χ1v) is 22.5. The highest BCUT2D eigenvalue weighted by molar-refractivity contribution is 6.73. The first kappa shape index (κ1) is 43.6. The van der Waals surface area contributed by atoms with Crippen LogP contribution in [0.2, 0.25) is 18.1 Å². The molecule has 3 aromatic heterocycles. The number of hydrogen-bond donors (Lipinski definition) is 2. The Morgan fingerprint density at radius 1 is 1.00 bits per heavy atom. The van der Waals surface area contributed by atoms with Crippen LogP contribution in [0.5, 0.6) is 5.75 Å². The van der Waals surface area contributed by atoms with Gasteiger partial charge in [0.05, 0.1) is 49.6 Å². The topological polar surface area (TPSA) is 123 Å². The van der Waals surface area contributed by atoms with Gasteiger partial charge in [-0.25, -0.2) is 32.5 Å². The number of rotatable bonds is 18. The average Bonchev–Trinajstić information content (AvgIpc) is 3.64. The third-order valence-corrected chi connectivity index (χ3v) is 16.0. The standard InChI is InChI=1S/C42H53F4N9O3Si/c1-7-59(8-2,9-3)58-38(39(45)46)42(51-21-28-14-11-10-12-15-28)16-13-17-54(25-42)34-22-47-33(30-19-32(44)35(57-6)20-31(30)43)18-29(34)23-55-27-50-37-40(48-26-49-41(37)55)52-36(56)24-53(4)5/h10-12,14-15,18-20,22,26-27,38-39,51H,7-9,13,16-17,21,23-25H2,1-6H3,(H,48,49,52,56)/t38-,42-/m1/s1. The Labute approximate surface area is 343 Å². The van der Waals surface area contributed by atoms with Gasteiger partial charge in [-0.15, -0.1) is 0 Å².